The largest absolute Gasteiger partial charge is 0.376 e. The fourth-order valence-electron chi connectivity index (χ4n) is 3.76. The van der Waals surface area contributed by atoms with E-state index in [0.29, 0.717) is 30.8 Å². The average Bonchev–Trinajstić information content (AvgIpc) is 3.25. The first-order valence-corrected chi connectivity index (χ1v) is 9.56. The second-order valence-electron chi connectivity index (χ2n) is 7.17. The van der Waals surface area contributed by atoms with Gasteiger partial charge in [-0.15, -0.1) is 0 Å². The third-order valence-corrected chi connectivity index (χ3v) is 5.30. The number of rotatable bonds is 4. The highest BCUT2D eigenvalue weighted by Gasteiger charge is 2.22. The standard InChI is InChI=1S/C22H24N2O3/c25-21(23-14-20-9-4-12-27-20)17-7-3-8-18(13-17)22(26)24-11-10-16-5-1-2-6-19(16)15-24/h1-3,5-8,13,20H,4,9-12,14-15H2,(H,23,25). The first-order chi connectivity index (χ1) is 13.2. The summed E-state index contributed by atoms with van der Waals surface area (Å²) >= 11 is 0. The van der Waals surface area contributed by atoms with Crippen molar-refractivity contribution in [3.63, 3.8) is 0 Å². The molecule has 2 aliphatic rings. The maximum absolute atomic E-state index is 12.9. The van der Waals surface area contributed by atoms with Crippen LogP contribution in [-0.4, -0.2) is 42.5 Å². The van der Waals surface area contributed by atoms with E-state index >= 15 is 0 Å². The quantitative estimate of drug-likeness (QED) is 0.908. The Labute approximate surface area is 159 Å². The number of nitrogens with zero attached hydrogens (tertiary/aromatic N) is 1. The number of carbonyl (C=O) groups is 2. The molecule has 1 saturated heterocycles. The van der Waals surface area contributed by atoms with E-state index in [-0.39, 0.29) is 17.9 Å². The molecule has 0 aliphatic carbocycles. The van der Waals surface area contributed by atoms with Gasteiger partial charge in [-0.1, -0.05) is 30.3 Å². The second kappa shape index (κ2) is 7.92. The number of hydrogen-bond donors (Lipinski definition) is 1. The minimum absolute atomic E-state index is 0.0294. The molecule has 140 valence electrons. The lowest BCUT2D eigenvalue weighted by Crippen LogP contribution is -2.36. The van der Waals surface area contributed by atoms with Crippen molar-refractivity contribution in [2.24, 2.45) is 0 Å². The van der Waals surface area contributed by atoms with E-state index in [2.05, 4.69) is 17.4 Å². The summed E-state index contributed by atoms with van der Waals surface area (Å²) in [5, 5.41) is 2.91. The fourth-order valence-corrected chi connectivity index (χ4v) is 3.76. The molecule has 5 heteroatoms. The van der Waals surface area contributed by atoms with Crippen LogP contribution in [0.25, 0.3) is 0 Å². The molecule has 0 aromatic heterocycles. The molecule has 5 nitrogen and oxygen atoms in total. The van der Waals surface area contributed by atoms with Crippen molar-refractivity contribution >= 4 is 11.8 Å². The predicted octanol–water partition coefficient (Wildman–Crippen LogP) is 2.79. The van der Waals surface area contributed by atoms with Gasteiger partial charge >= 0.3 is 0 Å². The van der Waals surface area contributed by atoms with Crippen molar-refractivity contribution in [3.8, 4) is 0 Å². The summed E-state index contributed by atoms with van der Waals surface area (Å²) in [7, 11) is 0. The summed E-state index contributed by atoms with van der Waals surface area (Å²) < 4.78 is 5.53. The van der Waals surface area contributed by atoms with Crippen LogP contribution in [0.3, 0.4) is 0 Å². The second-order valence-corrected chi connectivity index (χ2v) is 7.17. The van der Waals surface area contributed by atoms with Gasteiger partial charge in [-0.25, -0.2) is 0 Å². The van der Waals surface area contributed by atoms with Gasteiger partial charge in [0.1, 0.15) is 0 Å². The van der Waals surface area contributed by atoms with Crippen molar-refractivity contribution in [2.45, 2.75) is 31.9 Å². The smallest absolute Gasteiger partial charge is 0.254 e. The Balaban J connectivity index is 1.42. The molecule has 0 saturated carbocycles. The molecule has 0 spiro atoms. The maximum atomic E-state index is 12.9. The van der Waals surface area contributed by atoms with Gasteiger partial charge in [0.25, 0.3) is 11.8 Å². The van der Waals surface area contributed by atoms with Crippen molar-refractivity contribution in [1.29, 1.82) is 0 Å². The number of benzene rings is 2. The van der Waals surface area contributed by atoms with Gasteiger partial charge in [-0.2, -0.15) is 0 Å². The van der Waals surface area contributed by atoms with Gasteiger partial charge in [0.15, 0.2) is 0 Å². The van der Waals surface area contributed by atoms with E-state index in [4.69, 9.17) is 4.74 Å². The Morgan fingerprint density at radius 3 is 2.70 bits per heavy atom. The third-order valence-electron chi connectivity index (χ3n) is 5.30. The normalized spacial score (nSPS) is 18.8. The summed E-state index contributed by atoms with van der Waals surface area (Å²) in [6.07, 6.45) is 2.99. The lowest BCUT2D eigenvalue weighted by Gasteiger charge is -2.29. The zero-order valence-corrected chi connectivity index (χ0v) is 15.3. The monoisotopic (exact) mass is 364 g/mol. The first-order valence-electron chi connectivity index (χ1n) is 9.56. The lowest BCUT2D eigenvalue weighted by molar-refractivity contribution is 0.0734. The molecule has 1 N–H and O–H groups in total. The van der Waals surface area contributed by atoms with Crippen molar-refractivity contribution in [2.75, 3.05) is 19.7 Å². The van der Waals surface area contributed by atoms with Gasteiger partial charge < -0.3 is 15.0 Å². The van der Waals surface area contributed by atoms with Gasteiger partial charge in [0.05, 0.1) is 6.10 Å². The Kier molecular flexibility index (Phi) is 5.21. The van der Waals surface area contributed by atoms with Gasteiger partial charge in [0.2, 0.25) is 0 Å². The van der Waals surface area contributed by atoms with Crippen LogP contribution in [0.5, 0.6) is 0 Å². The SMILES string of the molecule is O=C(NCC1CCCO1)c1cccc(C(=O)N2CCc3ccccc3C2)c1. The third kappa shape index (κ3) is 4.03. The zero-order chi connectivity index (χ0) is 18.6. The van der Waals surface area contributed by atoms with Gasteiger partial charge in [0, 0.05) is 37.4 Å². The zero-order valence-electron chi connectivity index (χ0n) is 15.3. The Morgan fingerprint density at radius 2 is 1.89 bits per heavy atom. The number of ether oxygens (including phenoxy) is 1. The van der Waals surface area contributed by atoms with Crippen LogP contribution in [0.1, 0.15) is 44.7 Å². The first kappa shape index (κ1) is 17.7. The highest BCUT2D eigenvalue weighted by atomic mass is 16.5. The minimum Gasteiger partial charge on any atom is -0.376 e. The van der Waals surface area contributed by atoms with Gasteiger partial charge in [-0.05, 0) is 48.6 Å². The maximum Gasteiger partial charge on any atom is 0.254 e. The Hall–Kier alpha value is -2.66. The van der Waals surface area contributed by atoms with E-state index in [0.717, 1.165) is 25.9 Å². The molecule has 2 aromatic carbocycles. The number of amides is 2. The van der Waals surface area contributed by atoms with E-state index < -0.39 is 0 Å². The molecule has 2 aliphatic heterocycles. The molecular weight excluding hydrogens is 340 g/mol. The molecule has 2 heterocycles. The van der Waals surface area contributed by atoms with Crippen LogP contribution in [0.4, 0.5) is 0 Å². The molecule has 0 radical (unpaired) electrons. The highest BCUT2D eigenvalue weighted by Crippen LogP contribution is 2.20. The predicted molar refractivity (Wildman–Crippen MR) is 103 cm³/mol. The highest BCUT2D eigenvalue weighted by molar-refractivity contribution is 5.99. The van der Waals surface area contributed by atoms with Crippen LogP contribution in [0.2, 0.25) is 0 Å². The molecule has 2 amide bonds. The number of carbonyl (C=O) groups excluding carboxylic acids is 2. The Bertz CT molecular complexity index is 843. The lowest BCUT2D eigenvalue weighted by atomic mass is 9.99. The molecule has 1 fully saturated rings. The summed E-state index contributed by atoms with van der Waals surface area (Å²) in [5.41, 5.74) is 3.57. The molecule has 0 bridgehead atoms. The molecule has 27 heavy (non-hydrogen) atoms. The topological polar surface area (TPSA) is 58.6 Å². The van der Waals surface area contributed by atoms with E-state index in [1.807, 2.05) is 17.0 Å². The fraction of sp³-hybridized carbons (Fsp3) is 0.364. The summed E-state index contributed by atoms with van der Waals surface area (Å²) in [5.74, 6) is -0.192. The minimum atomic E-state index is -0.163. The summed E-state index contributed by atoms with van der Waals surface area (Å²) in [6.45, 7) is 2.60. The molecule has 1 atom stereocenters. The van der Waals surface area contributed by atoms with Gasteiger partial charge in [-0.3, -0.25) is 9.59 Å². The molecule has 1 unspecified atom stereocenters. The van der Waals surface area contributed by atoms with E-state index in [1.54, 1.807) is 24.3 Å². The molecule has 4 rings (SSSR count). The van der Waals surface area contributed by atoms with Crippen LogP contribution < -0.4 is 5.32 Å². The van der Waals surface area contributed by atoms with Crippen LogP contribution in [0, 0.1) is 0 Å². The van der Waals surface area contributed by atoms with Crippen molar-refractivity contribution in [1.82, 2.24) is 10.2 Å². The average molecular weight is 364 g/mol. The summed E-state index contributed by atoms with van der Waals surface area (Å²) in [6, 6.07) is 15.2. The van der Waals surface area contributed by atoms with Crippen LogP contribution in [-0.2, 0) is 17.7 Å². The van der Waals surface area contributed by atoms with Crippen LogP contribution >= 0.6 is 0 Å². The number of hydrogen-bond acceptors (Lipinski definition) is 3. The number of nitrogens with one attached hydrogen (secondary N) is 1. The van der Waals surface area contributed by atoms with Crippen molar-refractivity contribution in [3.05, 3.63) is 70.8 Å². The van der Waals surface area contributed by atoms with E-state index in [1.165, 1.54) is 11.1 Å². The Morgan fingerprint density at radius 1 is 1.07 bits per heavy atom. The number of fused-ring (bicyclic) bond motifs is 1. The van der Waals surface area contributed by atoms with Crippen LogP contribution in [0.15, 0.2) is 48.5 Å². The van der Waals surface area contributed by atoms with Crippen molar-refractivity contribution < 1.29 is 14.3 Å². The summed E-state index contributed by atoms with van der Waals surface area (Å²) in [4.78, 5) is 27.2. The van der Waals surface area contributed by atoms with E-state index in [9.17, 15) is 9.59 Å². The molecule has 2 aromatic rings. The molecular formula is C22H24N2O3.